The van der Waals surface area contributed by atoms with Gasteiger partial charge in [0.1, 0.15) is 0 Å². The van der Waals surface area contributed by atoms with Crippen LogP contribution in [0.5, 0.6) is 0 Å². The number of alkyl halides is 1. The molecule has 0 aromatic rings. The number of hydrogen-bond donors (Lipinski definition) is 0. The number of carbonyl (C=O) groups excluding carboxylic acids is 1. The van der Waals surface area contributed by atoms with Gasteiger partial charge in [-0.15, -0.1) is 0 Å². The molecular weight excluding hydrogens is 258 g/mol. The summed E-state index contributed by atoms with van der Waals surface area (Å²) in [6.45, 7) is 6.70. The van der Waals surface area contributed by atoms with E-state index in [9.17, 15) is 4.79 Å². The SMILES string of the molecule is CC1CC(C(=O)N(C)C(C)(C)CBr)CO1. The van der Waals surface area contributed by atoms with Crippen molar-refractivity contribution >= 4 is 21.8 Å². The van der Waals surface area contributed by atoms with E-state index >= 15 is 0 Å². The Balaban J connectivity index is 2.60. The van der Waals surface area contributed by atoms with Gasteiger partial charge >= 0.3 is 0 Å². The van der Waals surface area contributed by atoms with Gasteiger partial charge in [-0.2, -0.15) is 0 Å². The summed E-state index contributed by atoms with van der Waals surface area (Å²) in [6.07, 6.45) is 1.07. The number of nitrogens with zero attached hydrogens (tertiary/aromatic N) is 1. The Labute approximate surface area is 100 Å². The average Bonchev–Trinajstić information content (AvgIpc) is 2.62. The third-order valence-corrected chi connectivity index (χ3v) is 4.49. The van der Waals surface area contributed by atoms with Crippen LogP contribution in [0.15, 0.2) is 0 Å². The molecule has 1 heterocycles. The number of carbonyl (C=O) groups is 1. The molecule has 1 fully saturated rings. The van der Waals surface area contributed by atoms with E-state index < -0.39 is 0 Å². The number of amides is 1. The van der Waals surface area contributed by atoms with Gasteiger partial charge in [-0.05, 0) is 27.2 Å². The Kier molecular flexibility index (Phi) is 4.18. The maximum Gasteiger partial charge on any atom is 0.228 e. The highest BCUT2D eigenvalue weighted by molar-refractivity contribution is 9.09. The monoisotopic (exact) mass is 277 g/mol. The van der Waals surface area contributed by atoms with E-state index in [0.717, 1.165) is 11.8 Å². The summed E-state index contributed by atoms with van der Waals surface area (Å²) < 4.78 is 5.42. The van der Waals surface area contributed by atoms with Gasteiger partial charge < -0.3 is 9.64 Å². The zero-order valence-electron chi connectivity index (χ0n) is 9.92. The van der Waals surface area contributed by atoms with Crippen LogP contribution in [-0.2, 0) is 9.53 Å². The van der Waals surface area contributed by atoms with Crippen LogP contribution in [0, 0.1) is 5.92 Å². The van der Waals surface area contributed by atoms with Crippen molar-refractivity contribution in [1.29, 1.82) is 0 Å². The summed E-state index contributed by atoms with van der Waals surface area (Å²) in [5.74, 6) is 0.243. The second-order valence-corrected chi connectivity index (χ2v) is 5.48. The largest absolute Gasteiger partial charge is 0.378 e. The first-order valence-electron chi connectivity index (χ1n) is 5.33. The molecule has 3 nitrogen and oxygen atoms in total. The molecule has 1 rings (SSSR count). The van der Waals surface area contributed by atoms with Crippen LogP contribution in [-0.4, -0.2) is 41.4 Å². The highest BCUT2D eigenvalue weighted by Gasteiger charge is 2.35. The summed E-state index contributed by atoms with van der Waals surface area (Å²) in [7, 11) is 1.87. The van der Waals surface area contributed by atoms with Crippen LogP contribution in [0.4, 0.5) is 0 Å². The molecule has 4 heteroatoms. The van der Waals surface area contributed by atoms with Gasteiger partial charge in [-0.1, -0.05) is 15.9 Å². The number of hydrogen-bond acceptors (Lipinski definition) is 2. The van der Waals surface area contributed by atoms with Crippen molar-refractivity contribution in [3.63, 3.8) is 0 Å². The molecule has 88 valence electrons. The van der Waals surface area contributed by atoms with Gasteiger partial charge in [0.05, 0.1) is 18.6 Å². The topological polar surface area (TPSA) is 29.5 Å². The zero-order chi connectivity index (χ0) is 11.6. The zero-order valence-corrected chi connectivity index (χ0v) is 11.5. The molecular formula is C11H20BrNO2. The number of ether oxygens (including phenoxy) is 1. The van der Waals surface area contributed by atoms with Crippen LogP contribution in [0.3, 0.4) is 0 Å². The summed E-state index contributed by atoms with van der Waals surface area (Å²) >= 11 is 3.44. The molecule has 0 aliphatic carbocycles. The number of rotatable bonds is 3. The van der Waals surface area contributed by atoms with Crippen molar-refractivity contribution in [1.82, 2.24) is 4.90 Å². The smallest absolute Gasteiger partial charge is 0.228 e. The van der Waals surface area contributed by atoms with Gasteiger partial charge in [0.15, 0.2) is 0 Å². The molecule has 1 aliphatic rings. The molecule has 0 bridgehead atoms. The highest BCUT2D eigenvalue weighted by Crippen LogP contribution is 2.24. The fraction of sp³-hybridized carbons (Fsp3) is 0.909. The summed E-state index contributed by atoms with van der Waals surface area (Å²) in [5, 5.41) is 0.783. The second kappa shape index (κ2) is 4.83. The van der Waals surface area contributed by atoms with Crippen molar-refractivity contribution < 1.29 is 9.53 Å². The molecule has 0 saturated carbocycles. The summed E-state index contributed by atoms with van der Waals surface area (Å²) in [4.78, 5) is 13.9. The van der Waals surface area contributed by atoms with Crippen LogP contribution >= 0.6 is 15.9 Å². The minimum absolute atomic E-state index is 0.0447. The van der Waals surface area contributed by atoms with Crippen molar-refractivity contribution in [2.24, 2.45) is 5.92 Å². The molecule has 1 amide bonds. The first-order chi connectivity index (χ1) is 6.88. The molecule has 2 atom stereocenters. The van der Waals surface area contributed by atoms with E-state index in [2.05, 4.69) is 29.8 Å². The van der Waals surface area contributed by atoms with E-state index in [-0.39, 0.29) is 23.5 Å². The van der Waals surface area contributed by atoms with Crippen LogP contribution in [0.2, 0.25) is 0 Å². The van der Waals surface area contributed by atoms with Crippen LogP contribution < -0.4 is 0 Å². The molecule has 0 N–H and O–H groups in total. The fourth-order valence-corrected chi connectivity index (χ4v) is 2.03. The predicted octanol–water partition coefficient (Wildman–Crippen LogP) is 2.04. The Morgan fingerprint density at radius 2 is 2.20 bits per heavy atom. The molecule has 1 aliphatic heterocycles. The van der Waals surface area contributed by atoms with Gasteiger partial charge in [0.2, 0.25) is 5.91 Å². The van der Waals surface area contributed by atoms with E-state index in [1.165, 1.54) is 0 Å². The summed E-state index contributed by atoms with van der Waals surface area (Å²) in [5.41, 5.74) is -0.136. The van der Waals surface area contributed by atoms with Crippen molar-refractivity contribution in [2.75, 3.05) is 19.0 Å². The highest BCUT2D eigenvalue weighted by atomic mass is 79.9. The van der Waals surface area contributed by atoms with Crippen LogP contribution in [0.25, 0.3) is 0 Å². The van der Waals surface area contributed by atoms with Gasteiger partial charge in [-0.3, -0.25) is 4.79 Å². The lowest BCUT2D eigenvalue weighted by atomic mass is 10.0. The molecule has 0 radical (unpaired) electrons. The van der Waals surface area contributed by atoms with Crippen molar-refractivity contribution in [3.05, 3.63) is 0 Å². The first kappa shape index (κ1) is 13.0. The van der Waals surface area contributed by atoms with Crippen LogP contribution in [0.1, 0.15) is 27.2 Å². The standard InChI is InChI=1S/C11H20BrNO2/c1-8-5-9(6-15-8)10(14)13(4)11(2,3)7-12/h8-9H,5-7H2,1-4H3. The number of halogens is 1. The first-order valence-corrected chi connectivity index (χ1v) is 6.46. The summed E-state index contributed by atoms with van der Waals surface area (Å²) in [6, 6.07) is 0. The van der Waals surface area contributed by atoms with Crippen molar-refractivity contribution in [3.8, 4) is 0 Å². The third kappa shape index (κ3) is 2.94. The van der Waals surface area contributed by atoms with Gasteiger partial charge in [-0.25, -0.2) is 0 Å². The lowest BCUT2D eigenvalue weighted by molar-refractivity contribution is -0.138. The van der Waals surface area contributed by atoms with E-state index in [0.29, 0.717) is 6.61 Å². The van der Waals surface area contributed by atoms with E-state index in [1.54, 1.807) is 0 Å². The molecule has 2 unspecified atom stereocenters. The van der Waals surface area contributed by atoms with E-state index in [4.69, 9.17) is 4.74 Å². The Bertz CT molecular complexity index is 243. The lowest BCUT2D eigenvalue weighted by Crippen LogP contribution is -2.48. The average molecular weight is 278 g/mol. The Hall–Kier alpha value is -0.0900. The molecule has 0 spiro atoms. The van der Waals surface area contributed by atoms with Crippen molar-refractivity contribution in [2.45, 2.75) is 38.8 Å². The molecule has 0 aromatic heterocycles. The Morgan fingerprint density at radius 3 is 2.60 bits per heavy atom. The van der Waals surface area contributed by atoms with Gasteiger partial charge in [0, 0.05) is 17.9 Å². The minimum atomic E-state index is -0.136. The molecule has 0 aromatic carbocycles. The normalized spacial score (nSPS) is 26.7. The molecule has 1 saturated heterocycles. The lowest BCUT2D eigenvalue weighted by Gasteiger charge is -2.35. The van der Waals surface area contributed by atoms with Gasteiger partial charge in [0.25, 0.3) is 0 Å². The maximum atomic E-state index is 12.1. The second-order valence-electron chi connectivity index (χ2n) is 4.92. The Morgan fingerprint density at radius 1 is 1.60 bits per heavy atom. The third-order valence-electron chi connectivity index (χ3n) is 3.11. The fourth-order valence-electron chi connectivity index (χ4n) is 1.65. The predicted molar refractivity (Wildman–Crippen MR) is 64.2 cm³/mol. The van der Waals surface area contributed by atoms with E-state index in [1.807, 2.05) is 18.9 Å². The maximum absolute atomic E-state index is 12.1. The quantitative estimate of drug-likeness (QED) is 0.739. The molecule has 15 heavy (non-hydrogen) atoms. The minimum Gasteiger partial charge on any atom is -0.378 e.